The fourth-order valence-electron chi connectivity index (χ4n) is 4.53. The first kappa shape index (κ1) is 18.0. The first-order valence-electron chi connectivity index (χ1n) is 10.1. The molecule has 5 heteroatoms. The van der Waals surface area contributed by atoms with Crippen LogP contribution in [0.3, 0.4) is 0 Å². The van der Waals surface area contributed by atoms with Gasteiger partial charge in [-0.3, -0.25) is 9.89 Å². The van der Waals surface area contributed by atoms with Gasteiger partial charge in [-0.1, -0.05) is 12.8 Å². The fraction of sp³-hybridized carbons (Fsp3) is 0.947. The second kappa shape index (κ2) is 9.04. The van der Waals surface area contributed by atoms with Gasteiger partial charge in [-0.2, -0.15) is 0 Å². The fourth-order valence-corrected chi connectivity index (χ4v) is 4.53. The zero-order valence-electron chi connectivity index (χ0n) is 15.6. The number of unbranched alkanes of at least 4 members (excludes halogenated alkanes) is 1. The number of guanidine groups is 1. The maximum atomic E-state index is 5.40. The molecule has 3 aliphatic rings. The Labute approximate surface area is 147 Å². The molecular weight excluding hydrogens is 300 g/mol. The average Bonchev–Trinajstić information content (AvgIpc) is 3.25. The second-order valence-electron chi connectivity index (χ2n) is 7.78. The number of morpholine rings is 1. The Morgan fingerprint density at radius 3 is 2.62 bits per heavy atom. The summed E-state index contributed by atoms with van der Waals surface area (Å²) in [5, 5.41) is 3.52. The van der Waals surface area contributed by atoms with E-state index in [9.17, 15) is 0 Å². The van der Waals surface area contributed by atoms with Crippen LogP contribution in [0.5, 0.6) is 0 Å². The molecular formula is C19H36N4O. The molecule has 3 rings (SSSR count). The smallest absolute Gasteiger partial charge is 0.193 e. The standard InChI is InChI=1S/C19H36N4O/c1-2-20-18(23-12-9-19(17-23)7-3-4-8-19)21-10-5-6-11-22-13-15-24-16-14-22/h2-17H2,1H3,(H,20,21). The van der Waals surface area contributed by atoms with Crippen LogP contribution in [0.15, 0.2) is 4.99 Å². The Balaban J connectivity index is 1.40. The number of nitrogens with zero attached hydrogens (tertiary/aromatic N) is 3. The van der Waals surface area contributed by atoms with Crippen molar-refractivity contribution in [2.75, 3.05) is 59.0 Å². The summed E-state index contributed by atoms with van der Waals surface area (Å²) in [6.45, 7) is 11.7. The van der Waals surface area contributed by atoms with Crippen molar-refractivity contribution in [1.29, 1.82) is 0 Å². The summed E-state index contributed by atoms with van der Waals surface area (Å²) >= 11 is 0. The predicted octanol–water partition coefficient (Wildman–Crippen LogP) is 2.33. The monoisotopic (exact) mass is 336 g/mol. The van der Waals surface area contributed by atoms with Crippen molar-refractivity contribution >= 4 is 5.96 Å². The van der Waals surface area contributed by atoms with Crippen LogP contribution in [0, 0.1) is 5.41 Å². The summed E-state index contributed by atoms with van der Waals surface area (Å²) in [5.41, 5.74) is 0.618. The van der Waals surface area contributed by atoms with Crippen molar-refractivity contribution in [2.45, 2.75) is 51.9 Å². The van der Waals surface area contributed by atoms with Crippen LogP contribution in [0.4, 0.5) is 0 Å². The summed E-state index contributed by atoms with van der Waals surface area (Å²) < 4.78 is 5.40. The summed E-state index contributed by atoms with van der Waals surface area (Å²) in [7, 11) is 0. The molecule has 0 atom stereocenters. The molecule has 0 aromatic carbocycles. The van der Waals surface area contributed by atoms with E-state index in [1.54, 1.807) is 0 Å². The molecule has 0 amide bonds. The van der Waals surface area contributed by atoms with Gasteiger partial charge in [-0.05, 0) is 51.0 Å². The van der Waals surface area contributed by atoms with E-state index in [1.165, 1.54) is 64.6 Å². The van der Waals surface area contributed by atoms with Crippen molar-refractivity contribution in [1.82, 2.24) is 15.1 Å². The molecule has 24 heavy (non-hydrogen) atoms. The largest absolute Gasteiger partial charge is 0.379 e. The van der Waals surface area contributed by atoms with Crippen LogP contribution in [0.25, 0.3) is 0 Å². The van der Waals surface area contributed by atoms with Gasteiger partial charge in [-0.15, -0.1) is 0 Å². The second-order valence-corrected chi connectivity index (χ2v) is 7.78. The van der Waals surface area contributed by atoms with Crippen molar-refractivity contribution in [3.05, 3.63) is 0 Å². The molecule has 3 fully saturated rings. The van der Waals surface area contributed by atoms with Gasteiger partial charge in [0.15, 0.2) is 5.96 Å². The minimum Gasteiger partial charge on any atom is -0.379 e. The summed E-state index contributed by atoms with van der Waals surface area (Å²) in [6, 6.07) is 0. The Morgan fingerprint density at radius 1 is 1.08 bits per heavy atom. The third-order valence-corrected chi connectivity index (χ3v) is 5.98. The highest BCUT2D eigenvalue weighted by Crippen LogP contribution is 2.45. The Kier molecular flexibility index (Phi) is 6.78. The topological polar surface area (TPSA) is 40.1 Å². The van der Waals surface area contributed by atoms with Crippen LogP contribution in [0.1, 0.15) is 51.9 Å². The van der Waals surface area contributed by atoms with E-state index >= 15 is 0 Å². The molecule has 1 spiro atoms. The van der Waals surface area contributed by atoms with Gasteiger partial charge in [-0.25, -0.2) is 0 Å². The molecule has 0 radical (unpaired) electrons. The maximum Gasteiger partial charge on any atom is 0.193 e. The molecule has 0 aromatic rings. The number of rotatable bonds is 6. The SMILES string of the molecule is CCNC(=NCCCCN1CCOCC1)N1CCC2(CCCC2)C1. The molecule has 2 heterocycles. The molecule has 1 aliphatic carbocycles. The van der Waals surface area contributed by atoms with E-state index in [0.29, 0.717) is 5.41 Å². The van der Waals surface area contributed by atoms with Gasteiger partial charge >= 0.3 is 0 Å². The van der Waals surface area contributed by atoms with Gasteiger partial charge in [0.25, 0.3) is 0 Å². The molecule has 5 nitrogen and oxygen atoms in total. The zero-order valence-corrected chi connectivity index (χ0v) is 15.6. The number of hydrogen-bond acceptors (Lipinski definition) is 3. The minimum absolute atomic E-state index is 0.618. The Morgan fingerprint density at radius 2 is 1.88 bits per heavy atom. The lowest BCUT2D eigenvalue weighted by Gasteiger charge is -2.26. The molecule has 0 unspecified atom stereocenters. The molecule has 1 saturated carbocycles. The van der Waals surface area contributed by atoms with Gasteiger partial charge in [0.05, 0.1) is 13.2 Å². The Hall–Kier alpha value is -0.810. The number of ether oxygens (including phenoxy) is 1. The third kappa shape index (κ3) is 4.85. The van der Waals surface area contributed by atoms with E-state index < -0.39 is 0 Å². The normalized spacial score (nSPS) is 24.9. The highest BCUT2D eigenvalue weighted by atomic mass is 16.5. The maximum absolute atomic E-state index is 5.40. The van der Waals surface area contributed by atoms with E-state index in [4.69, 9.17) is 9.73 Å². The minimum atomic E-state index is 0.618. The molecule has 2 saturated heterocycles. The van der Waals surface area contributed by atoms with Crippen LogP contribution in [-0.2, 0) is 4.74 Å². The number of hydrogen-bond donors (Lipinski definition) is 1. The van der Waals surface area contributed by atoms with E-state index in [2.05, 4.69) is 22.0 Å². The van der Waals surface area contributed by atoms with Gasteiger partial charge in [0, 0.05) is 39.3 Å². The first-order chi connectivity index (χ1) is 11.8. The van der Waals surface area contributed by atoms with Crippen LogP contribution >= 0.6 is 0 Å². The first-order valence-corrected chi connectivity index (χ1v) is 10.1. The van der Waals surface area contributed by atoms with Crippen LogP contribution in [0.2, 0.25) is 0 Å². The van der Waals surface area contributed by atoms with Crippen molar-refractivity contribution in [3.8, 4) is 0 Å². The number of aliphatic imine (C=N–C) groups is 1. The van der Waals surface area contributed by atoms with Crippen molar-refractivity contribution in [2.24, 2.45) is 10.4 Å². The average molecular weight is 337 g/mol. The van der Waals surface area contributed by atoms with E-state index in [1.807, 2.05) is 0 Å². The lowest BCUT2D eigenvalue weighted by Crippen LogP contribution is -2.41. The third-order valence-electron chi connectivity index (χ3n) is 5.98. The highest BCUT2D eigenvalue weighted by Gasteiger charge is 2.41. The molecule has 2 aliphatic heterocycles. The van der Waals surface area contributed by atoms with E-state index in [0.717, 1.165) is 45.4 Å². The molecule has 0 aromatic heterocycles. The van der Waals surface area contributed by atoms with Crippen LogP contribution in [-0.4, -0.2) is 74.8 Å². The highest BCUT2D eigenvalue weighted by molar-refractivity contribution is 5.80. The van der Waals surface area contributed by atoms with Crippen molar-refractivity contribution in [3.63, 3.8) is 0 Å². The molecule has 138 valence electrons. The van der Waals surface area contributed by atoms with Gasteiger partial charge in [0.1, 0.15) is 0 Å². The Bertz CT molecular complexity index is 400. The lowest BCUT2D eigenvalue weighted by molar-refractivity contribution is 0.0373. The van der Waals surface area contributed by atoms with E-state index in [-0.39, 0.29) is 0 Å². The molecule has 0 bridgehead atoms. The number of nitrogens with one attached hydrogen (secondary N) is 1. The number of likely N-dealkylation sites (tertiary alicyclic amines) is 1. The van der Waals surface area contributed by atoms with Crippen LogP contribution < -0.4 is 5.32 Å². The van der Waals surface area contributed by atoms with Gasteiger partial charge in [0.2, 0.25) is 0 Å². The summed E-state index contributed by atoms with van der Waals surface area (Å²) in [6.07, 6.45) is 9.53. The lowest BCUT2D eigenvalue weighted by atomic mass is 9.86. The zero-order chi connectivity index (χ0) is 16.7. The van der Waals surface area contributed by atoms with Gasteiger partial charge < -0.3 is 15.0 Å². The molecule has 1 N–H and O–H groups in total. The summed E-state index contributed by atoms with van der Waals surface area (Å²) in [4.78, 5) is 9.96. The summed E-state index contributed by atoms with van der Waals surface area (Å²) in [5.74, 6) is 1.16. The quantitative estimate of drug-likeness (QED) is 0.459. The van der Waals surface area contributed by atoms with Crippen molar-refractivity contribution < 1.29 is 4.74 Å². The predicted molar refractivity (Wildman–Crippen MR) is 99.6 cm³/mol.